The molecule has 17 nitrogen and oxygen atoms in total. The summed E-state index contributed by atoms with van der Waals surface area (Å²) in [6.45, 7) is 4.45. The minimum Gasteiger partial charge on any atom is -0.462 e. The van der Waals surface area contributed by atoms with E-state index < -0.39 is 97.5 Å². The molecule has 0 amide bonds. The van der Waals surface area contributed by atoms with Crippen molar-refractivity contribution in [2.45, 2.75) is 329 Å². The summed E-state index contributed by atoms with van der Waals surface area (Å²) in [6, 6.07) is 0. The van der Waals surface area contributed by atoms with Gasteiger partial charge in [0, 0.05) is 25.7 Å². The van der Waals surface area contributed by atoms with Gasteiger partial charge in [0.15, 0.2) is 12.2 Å². The molecule has 0 radical (unpaired) electrons. The van der Waals surface area contributed by atoms with Crippen molar-refractivity contribution < 1.29 is 80.2 Å². The van der Waals surface area contributed by atoms with Gasteiger partial charge < -0.3 is 33.8 Å². The molecule has 0 saturated carbocycles. The van der Waals surface area contributed by atoms with Crippen molar-refractivity contribution in [3.8, 4) is 0 Å². The van der Waals surface area contributed by atoms with Gasteiger partial charge in [0.1, 0.15) is 19.3 Å². The molecule has 0 saturated heterocycles. The van der Waals surface area contributed by atoms with E-state index in [1.54, 1.807) is 0 Å². The van der Waals surface area contributed by atoms with Crippen LogP contribution in [0.25, 0.3) is 0 Å². The summed E-state index contributed by atoms with van der Waals surface area (Å²) in [7, 11) is -10.0. The summed E-state index contributed by atoms with van der Waals surface area (Å²) in [5, 5.41) is 10.7. The summed E-state index contributed by atoms with van der Waals surface area (Å²) in [4.78, 5) is 73.1. The quantitative estimate of drug-likeness (QED) is 0.0169. The number of hydrogen-bond donors (Lipinski definition) is 3. The van der Waals surface area contributed by atoms with Crippen LogP contribution in [0.2, 0.25) is 0 Å². The maximum absolute atomic E-state index is 13.1. The third kappa shape index (κ3) is 78.5. The van der Waals surface area contributed by atoms with Gasteiger partial charge in [-0.2, -0.15) is 0 Å². The lowest BCUT2D eigenvalue weighted by atomic mass is 10.0. The molecule has 0 aromatic heterocycles. The number of ether oxygens (including phenoxy) is 4. The molecule has 0 aromatic rings. The van der Waals surface area contributed by atoms with E-state index >= 15 is 0 Å². The normalized spacial score (nSPS) is 14.7. The summed E-state index contributed by atoms with van der Waals surface area (Å²) in [6.07, 6.45) is 95.0. The van der Waals surface area contributed by atoms with E-state index in [2.05, 4.69) is 161 Å². The number of unbranched alkanes of at least 4 members (excludes halogenated alkanes) is 22. The van der Waals surface area contributed by atoms with Gasteiger partial charge in [0.05, 0.1) is 26.4 Å². The van der Waals surface area contributed by atoms with Gasteiger partial charge in [-0.25, -0.2) is 9.13 Å². The van der Waals surface area contributed by atoms with Crippen LogP contribution < -0.4 is 0 Å². The molecule has 0 aliphatic carbocycles. The topological polar surface area (TPSA) is 237 Å². The number of esters is 4. The summed E-state index contributed by atoms with van der Waals surface area (Å²) < 4.78 is 68.5. The van der Waals surface area contributed by atoms with Crippen molar-refractivity contribution in [2.75, 3.05) is 39.6 Å². The molecule has 0 rings (SSSR count). The van der Waals surface area contributed by atoms with E-state index in [1.807, 2.05) is 36.5 Å². The minimum atomic E-state index is -5.01. The number of hydrogen-bond acceptors (Lipinski definition) is 15. The highest BCUT2D eigenvalue weighted by Crippen LogP contribution is 2.45. The standard InChI is InChI=1S/C89H146O17P2/c1-5-9-13-17-21-25-29-33-37-39-41-43-47-49-53-57-61-65-69-73-86(91)99-79-84(105-88(93)75-71-67-63-59-55-51-45-35-31-27-23-19-15-11-7-3)81-103-107(95,96)101-77-83(90)78-102-108(97,98)104-82-85(106-89(94)76-72-68-64-60-56-52-46-36-32-28-24-20-16-12-8-4)80-100-87(92)74-70-66-62-58-54-50-48-44-42-40-38-34-30-26-22-18-14-10-6-2/h9-10,13-14,21-23,25-27,33-35,37-38,41-45,49-50,53-54,61-62,65-66,83-85,90H,5-8,11-12,15-20,24,28-32,36,39-40,46-48,51-52,55-60,63-64,67-82H2,1-4H3,(H,95,96)(H,97,98)/b13-9-,14-10-,25-21-,26-22-,27-23-,37-33-,38-34-,43-41-,44-42-,45-35-,53-49-,54-50-,65-61-,66-62-/t83-,84-,85-/m1/s1. The Morgan fingerprint density at radius 2 is 0.500 bits per heavy atom. The zero-order chi connectivity index (χ0) is 78.9. The van der Waals surface area contributed by atoms with Gasteiger partial charge in [0.25, 0.3) is 0 Å². The average molecular weight is 1550 g/mol. The molecular formula is C89H146O17P2. The Balaban J connectivity index is 5.51. The van der Waals surface area contributed by atoms with Crippen molar-refractivity contribution in [2.24, 2.45) is 0 Å². The van der Waals surface area contributed by atoms with E-state index in [4.69, 9.17) is 37.0 Å². The second kappa shape index (κ2) is 79.5. The first-order chi connectivity index (χ1) is 52.7. The molecule has 19 heteroatoms. The number of rotatable bonds is 76. The number of phosphoric acid groups is 2. The van der Waals surface area contributed by atoms with E-state index in [1.165, 1.54) is 83.5 Å². The fraction of sp³-hybridized carbons (Fsp3) is 0.640. The summed E-state index contributed by atoms with van der Waals surface area (Å²) in [5.41, 5.74) is 0. The molecule has 614 valence electrons. The Labute approximate surface area is 654 Å². The van der Waals surface area contributed by atoms with Gasteiger partial charge in [-0.1, -0.05) is 320 Å². The van der Waals surface area contributed by atoms with Gasteiger partial charge in [-0.15, -0.1) is 0 Å². The average Bonchev–Trinajstić information content (AvgIpc) is 0.923. The summed E-state index contributed by atoms with van der Waals surface area (Å²) in [5.74, 6) is -2.39. The SMILES string of the molecule is CC/C=C\C/C=C\C/C=C\C/C=C\C/C=C\C/C=C\CCC(=O)OC[C@H](COP(=O)(O)OC[C@@H](O)COP(=O)(O)OC[C@@H](COC(=O)CC/C=C\C/C=C\C/C=C\C/C=C\C/C=C\C/C=C\CC)OC(=O)CCCCCCCCCCCCCCCCC)OC(=O)CCCCCCC/C=C\C/C=C\CCCCC. The smallest absolute Gasteiger partial charge is 0.462 e. The molecule has 0 aromatic carbocycles. The lowest BCUT2D eigenvalue weighted by Crippen LogP contribution is -2.30. The maximum atomic E-state index is 13.1. The number of aliphatic hydroxyl groups excluding tert-OH is 1. The van der Waals surface area contributed by atoms with E-state index in [9.17, 15) is 43.2 Å². The number of phosphoric ester groups is 2. The fourth-order valence-electron chi connectivity index (χ4n) is 10.5. The number of allylic oxidation sites excluding steroid dienone is 28. The Kier molecular flexibility index (Phi) is 75.4. The van der Waals surface area contributed by atoms with Gasteiger partial charge in [-0.3, -0.25) is 37.3 Å². The molecule has 0 aliphatic heterocycles. The van der Waals surface area contributed by atoms with Crippen molar-refractivity contribution in [3.05, 3.63) is 170 Å². The molecule has 0 fully saturated rings. The first kappa shape index (κ1) is 102. The van der Waals surface area contributed by atoms with Gasteiger partial charge in [0.2, 0.25) is 0 Å². The predicted octanol–water partition coefficient (Wildman–Crippen LogP) is 24.6. The van der Waals surface area contributed by atoms with Crippen molar-refractivity contribution in [3.63, 3.8) is 0 Å². The molecule has 0 spiro atoms. The lowest BCUT2D eigenvalue weighted by molar-refractivity contribution is -0.161. The molecule has 3 N–H and O–H groups in total. The zero-order valence-corrected chi connectivity index (χ0v) is 69.0. The van der Waals surface area contributed by atoms with E-state index in [0.29, 0.717) is 38.5 Å². The highest BCUT2D eigenvalue weighted by atomic mass is 31.2. The molecule has 2 unspecified atom stereocenters. The number of aliphatic hydroxyl groups is 1. The van der Waals surface area contributed by atoms with Crippen LogP contribution in [0.4, 0.5) is 0 Å². The fourth-order valence-corrected chi connectivity index (χ4v) is 12.1. The first-order valence-corrected chi connectivity index (χ1v) is 44.4. The third-order valence-electron chi connectivity index (χ3n) is 16.7. The monoisotopic (exact) mass is 1550 g/mol. The van der Waals surface area contributed by atoms with Crippen LogP contribution in [0.15, 0.2) is 170 Å². The Hall–Kier alpha value is -5.58. The number of carbonyl (C=O) groups excluding carboxylic acids is 4. The lowest BCUT2D eigenvalue weighted by Gasteiger charge is -2.21. The van der Waals surface area contributed by atoms with Crippen LogP contribution in [-0.2, 0) is 65.4 Å². The molecule has 0 heterocycles. The molecular weight excluding hydrogens is 1400 g/mol. The predicted molar refractivity (Wildman–Crippen MR) is 445 cm³/mol. The highest BCUT2D eigenvalue weighted by Gasteiger charge is 2.30. The Morgan fingerprint density at radius 1 is 0.269 bits per heavy atom. The largest absolute Gasteiger partial charge is 0.472 e. The maximum Gasteiger partial charge on any atom is 0.472 e. The van der Waals surface area contributed by atoms with Crippen LogP contribution in [0, 0.1) is 0 Å². The Morgan fingerprint density at radius 3 is 0.796 bits per heavy atom. The third-order valence-corrected chi connectivity index (χ3v) is 18.6. The minimum absolute atomic E-state index is 0.0267. The second-order valence-electron chi connectivity index (χ2n) is 27.0. The summed E-state index contributed by atoms with van der Waals surface area (Å²) >= 11 is 0. The molecule has 108 heavy (non-hydrogen) atoms. The van der Waals surface area contributed by atoms with Crippen LogP contribution in [0.3, 0.4) is 0 Å². The van der Waals surface area contributed by atoms with E-state index in [0.717, 1.165) is 135 Å². The van der Waals surface area contributed by atoms with Crippen LogP contribution in [-0.4, -0.2) is 96.7 Å². The van der Waals surface area contributed by atoms with Crippen molar-refractivity contribution >= 4 is 39.5 Å². The Bertz CT molecular complexity index is 2710. The van der Waals surface area contributed by atoms with Crippen LogP contribution in [0.1, 0.15) is 310 Å². The van der Waals surface area contributed by atoms with Gasteiger partial charge >= 0.3 is 39.5 Å². The first-order valence-electron chi connectivity index (χ1n) is 41.4. The second-order valence-corrected chi connectivity index (χ2v) is 29.9. The van der Waals surface area contributed by atoms with Crippen LogP contribution >= 0.6 is 15.6 Å². The zero-order valence-electron chi connectivity index (χ0n) is 67.2. The van der Waals surface area contributed by atoms with Crippen LogP contribution in [0.5, 0.6) is 0 Å². The van der Waals surface area contributed by atoms with Gasteiger partial charge in [-0.05, 0) is 135 Å². The molecule has 0 bridgehead atoms. The molecule has 5 atom stereocenters. The van der Waals surface area contributed by atoms with Crippen molar-refractivity contribution in [1.29, 1.82) is 0 Å². The van der Waals surface area contributed by atoms with E-state index in [-0.39, 0.29) is 25.7 Å². The number of carbonyl (C=O) groups is 4. The highest BCUT2D eigenvalue weighted by molar-refractivity contribution is 7.47. The van der Waals surface area contributed by atoms with Crippen molar-refractivity contribution in [1.82, 2.24) is 0 Å². The molecule has 0 aliphatic rings.